The number of rotatable bonds is 3. The van der Waals surface area contributed by atoms with Crippen molar-refractivity contribution in [2.24, 2.45) is 0 Å². The Labute approximate surface area is 173 Å². The number of benzene rings is 3. The van der Waals surface area contributed by atoms with Gasteiger partial charge in [0.1, 0.15) is 11.2 Å². The molecule has 1 aliphatic carbocycles. The number of Topliss-reactive ketones (excluding diaryl/α,β-unsaturated/α-hetero) is 1. The number of hydrogen-bond acceptors (Lipinski definition) is 4. The summed E-state index contributed by atoms with van der Waals surface area (Å²) in [5.74, 6) is -0.697. The molecule has 0 unspecified atom stereocenters. The van der Waals surface area contributed by atoms with Crippen molar-refractivity contribution in [3.8, 4) is 5.75 Å². The van der Waals surface area contributed by atoms with Crippen LogP contribution in [0.5, 0.6) is 5.75 Å². The molecule has 1 heterocycles. The molecule has 0 amide bonds. The Morgan fingerprint density at radius 3 is 2.23 bits per heavy atom. The third-order valence-electron chi connectivity index (χ3n) is 5.90. The molecule has 0 aromatic heterocycles. The van der Waals surface area contributed by atoms with E-state index in [4.69, 9.17) is 4.74 Å². The minimum Gasteiger partial charge on any atom is -0.425 e. The molecule has 146 valence electrons. The van der Waals surface area contributed by atoms with Crippen LogP contribution in [0.4, 0.5) is 0 Å². The molecule has 1 atom stereocenters. The van der Waals surface area contributed by atoms with Crippen LogP contribution in [0, 0.1) is 6.92 Å². The summed E-state index contributed by atoms with van der Waals surface area (Å²) in [5, 5.41) is 0. The van der Waals surface area contributed by atoms with Crippen LogP contribution in [-0.4, -0.2) is 17.5 Å². The van der Waals surface area contributed by atoms with Gasteiger partial charge in [-0.15, -0.1) is 0 Å². The highest BCUT2D eigenvalue weighted by molar-refractivity contribution is 6.27. The van der Waals surface area contributed by atoms with E-state index in [1.807, 2.05) is 37.3 Å². The summed E-state index contributed by atoms with van der Waals surface area (Å²) < 4.78 is 5.60. The summed E-state index contributed by atoms with van der Waals surface area (Å²) in [5.41, 5.74) is 2.07. The molecule has 3 aromatic carbocycles. The Bertz CT molecular complexity index is 1250. The third-order valence-corrected chi connectivity index (χ3v) is 5.90. The molecule has 0 fully saturated rings. The Balaban J connectivity index is 1.74. The lowest BCUT2D eigenvalue weighted by atomic mass is 9.66. The van der Waals surface area contributed by atoms with Crippen LogP contribution >= 0.6 is 0 Å². The van der Waals surface area contributed by atoms with Crippen molar-refractivity contribution < 1.29 is 19.1 Å². The lowest BCUT2D eigenvalue weighted by Crippen LogP contribution is -2.42. The minimum absolute atomic E-state index is 0.168. The first-order chi connectivity index (χ1) is 14.5. The number of esters is 1. The summed E-state index contributed by atoms with van der Waals surface area (Å²) >= 11 is 0. The van der Waals surface area contributed by atoms with E-state index in [1.54, 1.807) is 42.5 Å². The molecule has 0 radical (unpaired) electrons. The lowest BCUT2D eigenvalue weighted by Gasteiger charge is -2.30. The van der Waals surface area contributed by atoms with Crippen LogP contribution in [0.1, 0.15) is 37.4 Å². The largest absolute Gasteiger partial charge is 0.425 e. The van der Waals surface area contributed by atoms with Gasteiger partial charge in [-0.1, -0.05) is 72.3 Å². The molecule has 3 aromatic rings. The van der Waals surface area contributed by atoms with E-state index in [9.17, 15) is 14.4 Å². The number of carbonyl (C=O) groups excluding carboxylic acids is 3. The van der Waals surface area contributed by atoms with Gasteiger partial charge in [-0.2, -0.15) is 0 Å². The monoisotopic (exact) mass is 394 g/mol. The van der Waals surface area contributed by atoms with Crippen molar-refractivity contribution in [1.82, 2.24) is 0 Å². The second-order valence-electron chi connectivity index (χ2n) is 7.75. The quantitative estimate of drug-likeness (QED) is 0.488. The van der Waals surface area contributed by atoms with E-state index >= 15 is 0 Å². The van der Waals surface area contributed by atoms with Gasteiger partial charge in [0.25, 0.3) is 0 Å². The van der Waals surface area contributed by atoms with Crippen molar-refractivity contribution in [3.63, 3.8) is 0 Å². The fraction of sp³-hybridized carbons (Fsp3) is 0.115. The summed E-state index contributed by atoms with van der Waals surface area (Å²) in [6.45, 7) is 1.99. The fourth-order valence-corrected chi connectivity index (χ4v) is 4.37. The average Bonchev–Trinajstić information content (AvgIpc) is 3.04. The van der Waals surface area contributed by atoms with Crippen LogP contribution in [0.15, 0.2) is 84.4 Å². The molecule has 0 N–H and O–H groups in total. The first-order valence-electron chi connectivity index (χ1n) is 9.78. The maximum atomic E-state index is 13.5. The lowest BCUT2D eigenvalue weighted by molar-refractivity contribution is -0.136. The summed E-state index contributed by atoms with van der Waals surface area (Å²) in [7, 11) is 0. The number of aryl methyl sites for hydroxylation is 1. The van der Waals surface area contributed by atoms with E-state index in [-0.39, 0.29) is 23.6 Å². The number of hydrogen-bond donors (Lipinski definition) is 0. The van der Waals surface area contributed by atoms with Gasteiger partial charge in [-0.25, -0.2) is 0 Å². The number of allylic oxidation sites excluding steroid dienone is 1. The Kier molecular flexibility index (Phi) is 4.03. The second kappa shape index (κ2) is 6.63. The highest BCUT2D eigenvalue weighted by atomic mass is 16.5. The maximum absolute atomic E-state index is 13.5. The van der Waals surface area contributed by atoms with E-state index in [2.05, 4.69) is 0 Å². The zero-order valence-corrected chi connectivity index (χ0v) is 16.3. The number of ether oxygens (including phenoxy) is 1. The van der Waals surface area contributed by atoms with Gasteiger partial charge in [0, 0.05) is 22.3 Å². The molecule has 30 heavy (non-hydrogen) atoms. The second-order valence-corrected chi connectivity index (χ2v) is 7.75. The fourth-order valence-electron chi connectivity index (χ4n) is 4.37. The average molecular weight is 394 g/mol. The molecule has 1 aliphatic heterocycles. The van der Waals surface area contributed by atoms with Crippen molar-refractivity contribution in [3.05, 3.63) is 112 Å². The van der Waals surface area contributed by atoms with Gasteiger partial charge in [0.2, 0.25) is 0 Å². The van der Waals surface area contributed by atoms with E-state index in [0.717, 1.165) is 11.1 Å². The number of ketones is 2. The highest BCUT2D eigenvalue weighted by Gasteiger charge is 2.55. The van der Waals surface area contributed by atoms with Gasteiger partial charge in [0.05, 0.1) is 0 Å². The van der Waals surface area contributed by atoms with Crippen LogP contribution in [-0.2, 0) is 16.6 Å². The van der Waals surface area contributed by atoms with Gasteiger partial charge in [-0.05, 0) is 31.1 Å². The Hall–Kier alpha value is -3.79. The Morgan fingerprint density at radius 2 is 1.47 bits per heavy atom. The molecular formula is C26H18O4. The van der Waals surface area contributed by atoms with Gasteiger partial charge >= 0.3 is 5.97 Å². The van der Waals surface area contributed by atoms with Gasteiger partial charge < -0.3 is 4.74 Å². The Morgan fingerprint density at radius 1 is 0.800 bits per heavy atom. The molecule has 4 nitrogen and oxygen atoms in total. The minimum atomic E-state index is -1.37. The summed E-state index contributed by atoms with van der Waals surface area (Å²) in [6.07, 6.45) is 1.55. The van der Waals surface area contributed by atoms with Crippen LogP contribution in [0.25, 0.3) is 0 Å². The normalized spacial score (nSPS) is 19.8. The van der Waals surface area contributed by atoms with E-state index in [0.29, 0.717) is 22.4 Å². The third kappa shape index (κ3) is 2.57. The van der Waals surface area contributed by atoms with Crippen LogP contribution < -0.4 is 4.74 Å². The van der Waals surface area contributed by atoms with Crippen LogP contribution in [0.3, 0.4) is 0 Å². The first kappa shape index (κ1) is 18.3. The first-order valence-corrected chi connectivity index (χ1v) is 9.78. The molecule has 0 saturated heterocycles. The summed E-state index contributed by atoms with van der Waals surface area (Å²) in [6, 6.07) is 21.6. The summed E-state index contributed by atoms with van der Waals surface area (Å²) in [4.78, 5) is 39.8. The zero-order valence-electron chi connectivity index (χ0n) is 16.3. The predicted molar refractivity (Wildman–Crippen MR) is 112 cm³/mol. The van der Waals surface area contributed by atoms with E-state index < -0.39 is 11.4 Å². The van der Waals surface area contributed by atoms with Crippen molar-refractivity contribution in [2.75, 3.05) is 0 Å². The highest BCUT2D eigenvalue weighted by Crippen LogP contribution is 2.48. The van der Waals surface area contributed by atoms with Crippen molar-refractivity contribution >= 4 is 17.5 Å². The topological polar surface area (TPSA) is 60.4 Å². The molecular weight excluding hydrogens is 376 g/mol. The van der Waals surface area contributed by atoms with Crippen molar-refractivity contribution in [2.45, 2.75) is 18.8 Å². The number of para-hydroxylation sites is 1. The molecule has 4 heteroatoms. The van der Waals surface area contributed by atoms with Crippen LogP contribution in [0.2, 0.25) is 0 Å². The molecule has 0 spiro atoms. The zero-order chi connectivity index (χ0) is 20.9. The predicted octanol–water partition coefficient (Wildman–Crippen LogP) is 4.40. The molecule has 0 saturated carbocycles. The van der Waals surface area contributed by atoms with Gasteiger partial charge in [-0.3, -0.25) is 14.4 Å². The van der Waals surface area contributed by atoms with Gasteiger partial charge in [0.15, 0.2) is 11.6 Å². The number of carbonyl (C=O) groups is 3. The standard InChI is InChI=1S/C26H18O4/c1-16-10-12-17(13-11-16)15-26(20-8-4-5-9-23(20)30-25(26)29)21-14-22(27)18-6-2-3-7-19(18)24(21)28/h2-14H,15H2,1H3/t26-/m1/s1. The molecule has 0 bridgehead atoms. The maximum Gasteiger partial charge on any atom is 0.327 e. The van der Waals surface area contributed by atoms with E-state index in [1.165, 1.54) is 6.08 Å². The smallest absolute Gasteiger partial charge is 0.327 e. The van der Waals surface area contributed by atoms with Crippen molar-refractivity contribution in [1.29, 1.82) is 0 Å². The molecule has 2 aliphatic rings. The SMILES string of the molecule is Cc1ccc(C[C@@]2(C3=CC(=O)c4ccccc4C3=O)C(=O)Oc3ccccc32)cc1. The number of fused-ring (bicyclic) bond motifs is 2. The molecule has 5 rings (SSSR count).